The second-order valence-corrected chi connectivity index (χ2v) is 17.7. The van der Waals surface area contributed by atoms with Gasteiger partial charge in [-0.25, -0.2) is 9.97 Å². The molecule has 0 saturated carbocycles. The molecule has 6 aromatic rings. The molecule has 318 valence electrons. The first kappa shape index (κ1) is 48.2. The minimum Gasteiger partial charge on any atom is -1.00 e. The molecule has 0 amide bonds. The lowest BCUT2D eigenvalue weighted by molar-refractivity contribution is -0.137. The quantitative estimate of drug-likeness (QED) is 0.199. The fourth-order valence-electron chi connectivity index (χ4n) is 7.78. The highest BCUT2D eigenvalue weighted by molar-refractivity contribution is 5.99. The van der Waals surface area contributed by atoms with E-state index >= 15 is 0 Å². The minimum atomic E-state index is -4.46. The standard InChI is InChI=1S/C48H49F3N7.3HI/c1-56(2,3)34-18-12-31(13-19-34)45-37-23-22-36(52-37)44(30-10-16-33(17-11-30)48(49,50)51)40-26-28-42(54-40)47(58(7,8)9)43-29-27-41(55-43)46(39-25-24-38(45)53-39)32-14-20-35(21-15-32)57(4,5)6;;;/h10-29,52,55H,1-9H3;3*1H/q+3;;;/p-3. The molecule has 13 heteroatoms. The van der Waals surface area contributed by atoms with Crippen molar-refractivity contribution in [1.82, 2.24) is 33.4 Å². The van der Waals surface area contributed by atoms with Crippen LogP contribution < -0.4 is 85.4 Å². The Morgan fingerprint density at radius 2 is 0.705 bits per heavy atom. The van der Waals surface area contributed by atoms with Crippen molar-refractivity contribution >= 4 is 63.4 Å². The van der Waals surface area contributed by atoms with Crippen LogP contribution in [0.2, 0.25) is 0 Å². The van der Waals surface area contributed by atoms with Crippen molar-refractivity contribution in [1.29, 1.82) is 0 Å². The van der Waals surface area contributed by atoms with E-state index in [1.165, 1.54) is 17.8 Å². The number of hydrogen-bond acceptors (Lipinski definition) is 2. The molecule has 0 atom stereocenters. The third-order valence-electron chi connectivity index (χ3n) is 10.8. The van der Waals surface area contributed by atoms with Crippen LogP contribution in [-0.4, -0.2) is 83.4 Å². The van der Waals surface area contributed by atoms with Crippen molar-refractivity contribution in [2.75, 3.05) is 63.4 Å². The number of fused-ring (bicyclic) bond motifs is 8. The van der Waals surface area contributed by atoms with E-state index in [2.05, 4.69) is 146 Å². The van der Waals surface area contributed by atoms with Crippen LogP contribution in [0.15, 0.2) is 97.1 Å². The number of quaternary nitrogens is 3. The van der Waals surface area contributed by atoms with Gasteiger partial charge in [0, 0.05) is 33.2 Å². The molecule has 0 aliphatic carbocycles. The Hall–Kier alpha value is -3.88. The molecule has 2 N–H and O–H groups in total. The number of nitrogens with zero attached hydrogens (tertiary/aromatic N) is 5. The molecule has 0 fully saturated rings. The third kappa shape index (κ3) is 9.71. The number of aromatic amines is 2. The van der Waals surface area contributed by atoms with Gasteiger partial charge in [0.25, 0.3) is 0 Å². The summed E-state index contributed by atoms with van der Waals surface area (Å²) in [5, 5.41) is 0. The Labute approximate surface area is 406 Å². The maximum atomic E-state index is 13.8. The van der Waals surface area contributed by atoms with Crippen molar-refractivity contribution in [3.8, 4) is 33.4 Å². The van der Waals surface area contributed by atoms with Gasteiger partial charge in [0.2, 0.25) is 0 Å². The summed E-state index contributed by atoms with van der Waals surface area (Å²) in [4.78, 5) is 18.1. The van der Waals surface area contributed by atoms with Crippen LogP contribution in [0.4, 0.5) is 30.2 Å². The van der Waals surface area contributed by atoms with Gasteiger partial charge in [-0.2, -0.15) is 13.2 Å². The minimum absolute atomic E-state index is 0. The van der Waals surface area contributed by atoms with Crippen LogP contribution >= 0.6 is 0 Å². The normalized spacial score (nSPS) is 12.7. The lowest BCUT2D eigenvalue weighted by Gasteiger charge is -2.24. The van der Waals surface area contributed by atoms with Crippen LogP contribution in [0.5, 0.6) is 0 Å². The molecule has 61 heavy (non-hydrogen) atoms. The number of hydrogen-bond donors (Lipinski definition) is 2. The van der Waals surface area contributed by atoms with Crippen LogP contribution in [0.3, 0.4) is 0 Å². The average Bonchev–Trinajstić information content (AvgIpc) is 3.98. The van der Waals surface area contributed by atoms with Gasteiger partial charge < -0.3 is 81.9 Å². The molecule has 2 aliphatic heterocycles. The fourth-order valence-corrected chi connectivity index (χ4v) is 7.78. The number of halogens is 6. The Kier molecular flexibility index (Phi) is 14.0. The molecule has 8 bridgehead atoms. The van der Waals surface area contributed by atoms with Gasteiger partial charge in [0.05, 0.1) is 86.1 Å². The number of aromatic nitrogens is 4. The van der Waals surface area contributed by atoms with Gasteiger partial charge in [-0.15, -0.1) is 0 Å². The Morgan fingerprint density at radius 1 is 0.393 bits per heavy atom. The molecule has 0 spiro atoms. The summed E-state index contributed by atoms with van der Waals surface area (Å²) < 4.78 is 43.1. The van der Waals surface area contributed by atoms with E-state index in [1.54, 1.807) is 0 Å². The predicted octanol–water partition coefficient (Wildman–Crippen LogP) is 2.28. The molecular formula is C48H49F3I3N7. The molecule has 5 heterocycles. The first-order valence-electron chi connectivity index (χ1n) is 19.3. The number of rotatable bonds is 6. The molecule has 3 aromatic carbocycles. The zero-order chi connectivity index (χ0) is 41.4. The number of H-pyrrole nitrogens is 2. The first-order valence-corrected chi connectivity index (χ1v) is 19.3. The zero-order valence-corrected chi connectivity index (χ0v) is 42.0. The summed E-state index contributed by atoms with van der Waals surface area (Å²) >= 11 is 0. The van der Waals surface area contributed by atoms with Crippen LogP contribution in [0, 0.1) is 0 Å². The highest BCUT2D eigenvalue weighted by Crippen LogP contribution is 2.40. The van der Waals surface area contributed by atoms with Crippen molar-refractivity contribution in [3.63, 3.8) is 0 Å². The highest BCUT2D eigenvalue weighted by Gasteiger charge is 2.30. The molecule has 8 rings (SSSR count). The van der Waals surface area contributed by atoms with E-state index < -0.39 is 11.7 Å². The van der Waals surface area contributed by atoms with E-state index in [-0.39, 0.29) is 71.9 Å². The second-order valence-electron chi connectivity index (χ2n) is 17.7. The Bertz CT molecular complexity index is 2740. The van der Waals surface area contributed by atoms with Crippen molar-refractivity contribution < 1.29 is 85.1 Å². The third-order valence-corrected chi connectivity index (χ3v) is 10.8. The van der Waals surface area contributed by atoms with E-state index in [4.69, 9.17) is 9.97 Å². The maximum Gasteiger partial charge on any atom is 0.416 e. The first-order chi connectivity index (χ1) is 27.3. The van der Waals surface area contributed by atoms with E-state index in [1.807, 2.05) is 24.3 Å². The highest BCUT2D eigenvalue weighted by atomic mass is 127. The van der Waals surface area contributed by atoms with Gasteiger partial charge >= 0.3 is 6.18 Å². The predicted molar refractivity (Wildman–Crippen MR) is 239 cm³/mol. The van der Waals surface area contributed by atoms with Crippen molar-refractivity contribution in [2.45, 2.75) is 6.18 Å². The van der Waals surface area contributed by atoms with Gasteiger partial charge in [0.1, 0.15) is 22.6 Å². The monoisotopic (exact) mass is 1160 g/mol. The smallest absolute Gasteiger partial charge is 0.416 e. The van der Waals surface area contributed by atoms with Crippen LogP contribution in [-0.2, 0) is 6.18 Å². The van der Waals surface area contributed by atoms with Crippen LogP contribution in [0.25, 0.3) is 79.8 Å². The van der Waals surface area contributed by atoms with Gasteiger partial charge in [-0.05, 0) is 126 Å². The molecule has 0 unspecified atom stereocenters. The maximum absolute atomic E-state index is 13.8. The van der Waals surface area contributed by atoms with Crippen molar-refractivity contribution in [3.05, 3.63) is 125 Å². The number of nitrogens with one attached hydrogen (secondary N) is 2. The molecule has 2 aliphatic rings. The largest absolute Gasteiger partial charge is 1.00 e. The summed E-state index contributed by atoms with van der Waals surface area (Å²) in [6.45, 7) is 0. The van der Waals surface area contributed by atoms with E-state index in [0.29, 0.717) is 30.3 Å². The number of benzene rings is 3. The lowest BCUT2D eigenvalue weighted by Crippen LogP contribution is -3.00. The summed E-state index contributed by atoms with van der Waals surface area (Å²) in [6.07, 6.45) is 3.63. The van der Waals surface area contributed by atoms with Crippen LogP contribution in [0.1, 0.15) is 28.3 Å². The Balaban J connectivity index is 0.00000235. The average molecular weight is 1160 g/mol. The molecule has 3 aromatic heterocycles. The Morgan fingerprint density at radius 3 is 1.05 bits per heavy atom. The lowest BCUT2D eigenvalue weighted by atomic mass is 10.0. The second kappa shape index (κ2) is 17.7. The summed E-state index contributed by atoms with van der Waals surface area (Å²) in [6, 6.07) is 30.7. The molecule has 0 radical (unpaired) electrons. The fraction of sp³-hybridized carbons (Fsp3) is 0.208. The summed E-state index contributed by atoms with van der Waals surface area (Å²) in [5.74, 6) is 0. The summed E-state index contributed by atoms with van der Waals surface area (Å²) in [7, 11) is 19.2. The SMILES string of the molecule is C[N+](C)(C)c1ccc(-c2c3nc(c(-c4ccc([N+](C)(C)C)cc4)c4ccc([nH]4)c([N+](C)(C)C)c4nc(c(-c5ccc(C(F)(F)F)cc5)c5ccc2[nH]5)C=C4)C=C3)cc1.[I-].[I-].[I-]. The van der Waals surface area contributed by atoms with E-state index in [9.17, 15) is 13.2 Å². The van der Waals surface area contributed by atoms with E-state index in [0.717, 1.165) is 84.9 Å². The molecule has 7 nitrogen and oxygen atoms in total. The van der Waals surface area contributed by atoms with Gasteiger partial charge in [-0.3, -0.25) is 13.4 Å². The van der Waals surface area contributed by atoms with Gasteiger partial charge in [0.15, 0.2) is 5.69 Å². The summed E-state index contributed by atoms with van der Waals surface area (Å²) in [5.41, 5.74) is 14.1. The molecular weight excluding hydrogens is 1110 g/mol. The number of alkyl halides is 3. The van der Waals surface area contributed by atoms with Crippen molar-refractivity contribution in [2.24, 2.45) is 0 Å². The topological polar surface area (TPSA) is 57.4 Å². The van der Waals surface area contributed by atoms with Gasteiger partial charge in [-0.1, -0.05) is 12.1 Å². The molecule has 0 saturated heterocycles. The zero-order valence-electron chi connectivity index (χ0n) is 35.6.